The molecule has 1 aromatic rings. The van der Waals surface area contributed by atoms with Crippen LogP contribution in [0.15, 0.2) is 34.3 Å². The average molecular weight is 313 g/mol. The van der Waals surface area contributed by atoms with Gasteiger partial charge in [0.1, 0.15) is 11.9 Å². The first-order valence-electron chi connectivity index (χ1n) is 6.50. The largest absolute Gasteiger partial charge is 0.384 e. The Hall–Kier alpha value is -0.670. The van der Waals surface area contributed by atoms with E-state index in [1.807, 2.05) is 0 Å². The van der Waals surface area contributed by atoms with Crippen LogP contribution >= 0.6 is 15.9 Å². The van der Waals surface area contributed by atoms with Gasteiger partial charge in [0.15, 0.2) is 0 Å². The lowest BCUT2D eigenvalue weighted by atomic mass is 9.93. The first-order valence-corrected chi connectivity index (χ1v) is 7.30. The highest BCUT2D eigenvalue weighted by Gasteiger charge is 2.15. The number of aliphatic hydroxyl groups excluding tert-OH is 1. The van der Waals surface area contributed by atoms with Crippen LogP contribution < -0.4 is 0 Å². The Morgan fingerprint density at radius 1 is 1.17 bits per heavy atom. The SMILES string of the molecule is OC(/C1=C/CCCCCC1)c1ccc(Br)c(F)c1. The number of hydrogen-bond acceptors (Lipinski definition) is 1. The van der Waals surface area contributed by atoms with Crippen LogP contribution in [0.3, 0.4) is 0 Å². The van der Waals surface area contributed by atoms with Crippen LogP contribution in [-0.2, 0) is 0 Å². The minimum Gasteiger partial charge on any atom is -0.384 e. The Morgan fingerprint density at radius 2 is 1.94 bits per heavy atom. The third-order valence-electron chi connectivity index (χ3n) is 3.44. The molecule has 1 unspecified atom stereocenters. The van der Waals surface area contributed by atoms with Gasteiger partial charge in [-0.05, 0) is 64.9 Å². The van der Waals surface area contributed by atoms with E-state index in [0.29, 0.717) is 10.0 Å². The summed E-state index contributed by atoms with van der Waals surface area (Å²) in [6, 6.07) is 4.84. The lowest BCUT2D eigenvalue weighted by molar-refractivity contribution is 0.208. The Morgan fingerprint density at radius 3 is 2.72 bits per heavy atom. The topological polar surface area (TPSA) is 20.2 Å². The van der Waals surface area contributed by atoms with Crippen molar-refractivity contribution >= 4 is 15.9 Å². The van der Waals surface area contributed by atoms with Crippen LogP contribution in [0.25, 0.3) is 0 Å². The predicted molar refractivity (Wildman–Crippen MR) is 74.8 cm³/mol. The van der Waals surface area contributed by atoms with Crippen LogP contribution in [0, 0.1) is 5.82 Å². The smallest absolute Gasteiger partial charge is 0.137 e. The molecule has 0 fully saturated rings. The molecule has 0 aliphatic heterocycles. The van der Waals surface area contributed by atoms with Gasteiger partial charge in [-0.25, -0.2) is 4.39 Å². The third kappa shape index (κ3) is 3.42. The molecule has 1 aromatic carbocycles. The van der Waals surface area contributed by atoms with Crippen LogP contribution in [-0.4, -0.2) is 5.11 Å². The lowest BCUT2D eigenvalue weighted by Gasteiger charge is -2.18. The summed E-state index contributed by atoms with van der Waals surface area (Å²) in [6.07, 6.45) is 8.19. The summed E-state index contributed by atoms with van der Waals surface area (Å²) in [6.45, 7) is 0. The van der Waals surface area contributed by atoms with Crippen molar-refractivity contribution in [2.24, 2.45) is 0 Å². The van der Waals surface area contributed by atoms with Gasteiger partial charge in [-0.2, -0.15) is 0 Å². The van der Waals surface area contributed by atoms with Crippen molar-refractivity contribution in [2.75, 3.05) is 0 Å². The molecule has 98 valence electrons. The Labute approximate surface area is 116 Å². The number of rotatable bonds is 2. The van der Waals surface area contributed by atoms with Crippen molar-refractivity contribution in [3.05, 3.63) is 45.7 Å². The van der Waals surface area contributed by atoms with E-state index in [4.69, 9.17) is 0 Å². The monoisotopic (exact) mass is 312 g/mol. The molecule has 0 aromatic heterocycles. The third-order valence-corrected chi connectivity index (χ3v) is 4.08. The van der Waals surface area contributed by atoms with Gasteiger partial charge in [-0.15, -0.1) is 0 Å². The molecule has 1 aliphatic rings. The van der Waals surface area contributed by atoms with E-state index in [0.717, 1.165) is 24.8 Å². The van der Waals surface area contributed by atoms with Crippen LogP contribution in [0.5, 0.6) is 0 Å². The molecule has 1 nitrogen and oxygen atoms in total. The van der Waals surface area contributed by atoms with E-state index in [9.17, 15) is 9.50 Å². The van der Waals surface area contributed by atoms with Crippen LogP contribution in [0.4, 0.5) is 4.39 Å². The van der Waals surface area contributed by atoms with Gasteiger partial charge in [0.25, 0.3) is 0 Å². The van der Waals surface area contributed by atoms with E-state index >= 15 is 0 Å². The fourth-order valence-electron chi connectivity index (χ4n) is 2.36. The second-order valence-corrected chi connectivity index (χ2v) is 5.66. The molecule has 2 rings (SSSR count). The molecule has 18 heavy (non-hydrogen) atoms. The second kappa shape index (κ2) is 6.48. The normalized spacial score (nSPS) is 21.6. The highest BCUT2D eigenvalue weighted by molar-refractivity contribution is 9.10. The summed E-state index contributed by atoms with van der Waals surface area (Å²) in [4.78, 5) is 0. The summed E-state index contributed by atoms with van der Waals surface area (Å²) in [5.74, 6) is -0.321. The molecule has 1 atom stereocenters. The first-order chi connectivity index (χ1) is 8.68. The number of aliphatic hydroxyl groups is 1. The molecule has 1 aliphatic carbocycles. The summed E-state index contributed by atoms with van der Waals surface area (Å²) >= 11 is 3.13. The molecule has 0 amide bonds. The van der Waals surface area contributed by atoms with E-state index < -0.39 is 6.10 Å². The zero-order chi connectivity index (χ0) is 13.0. The molecule has 3 heteroatoms. The molecule has 0 spiro atoms. The lowest BCUT2D eigenvalue weighted by Crippen LogP contribution is -2.04. The van der Waals surface area contributed by atoms with E-state index in [-0.39, 0.29) is 5.82 Å². The average Bonchev–Trinajstić information content (AvgIpc) is 2.31. The highest BCUT2D eigenvalue weighted by Crippen LogP contribution is 2.30. The highest BCUT2D eigenvalue weighted by atomic mass is 79.9. The quantitative estimate of drug-likeness (QED) is 0.770. The van der Waals surface area contributed by atoms with E-state index in [1.165, 1.54) is 25.3 Å². The number of benzene rings is 1. The minimum absolute atomic E-state index is 0.321. The molecule has 0 saturated heterocycles. The Bertz CT molecular complexity index is 442. The fraction of sp³-hybridized carbons (Fsp3) is 0.467. The molecule has 0 heterocycles. The summed E-state index contributed by atoms with van der Waals surface area (Å²) in [7, 11) is 0. The Balaban J connectivity index is 2.18. The van der Waals surface area contributed by atoms with Crippen molar-refractivity contribution in [1.82, 2.24) is 0 Å². The van der Waals surface area contributed by atoms with E-state index in [2.05, 4.69) is 22.0 Å². The van der Waals surface area contributed by atoms with Crippen LogP contribution in [0.2, 0.25) is 0 Å². The number of allylic oxidation sites excluding steroid dienone is 1. The summed E-state index contributed by atoms with van der Waals surface area (Å²) in [5, 5.41) is 10.3. The van der Waals surface area contributed by atoms with Gasteiger partial charge >= 0.3 is 0 Å². The van der Waals surface area contributed by atoms with Crippen LogP contribution in [0.1, 0.15) is 50.2 Å². The zero-order valence-corrected chi connectivity index (χ0v) is 11.9. The fourth-order valence-corrected chi connectivity index (χ4v) is 2.61. The maximum absolute atomic E-state index is 13.5. The summed E-state index contributed by atoms with van der Waals surface area (Å²) < 4.78 is 13.9. The minimum atomic E-state index is -0.661. The number of hydrogen-bond donors (Lipinski definition) is 1. The van der Waals surface area contributed by atoms with Crippen molar-refractivity contribution in [3.8, 4) is 0 Å². The van der Waals surface area contributed by atoms with Crippen molar-refractivity contribution in [1.29, 1.82) is 0 Å². The summed E-state index contributed by atoms with van der Waals surface area (Å²) in [5.41, 5.74) is 1.68. The standard InChI is InChI=1S/C15H18BrFO/c16-13-9-8-12(10-14(13)17)15(18)11-6-4-2-1-3-5-7-11/h6,8-10,15,18H,1-5,7H2/b11-6+. The number of halogens is 2. The first kappa shape index (κ1) is 13.8. The van der Waals surface area contributed by atoms with Gasteiger partial charge in [0.2, 0.25) is 0 Å². The van der Waals surface area contributed by atoms with Crippen molar-refractivity contribution in [2.45, 2.75) is 44.6 Å². The molecule has 0 bridgehead atoms. The van der Waals surface area contributed by atoms with Crippen molar-refractivity contribution < 1.29 is 9.50 Å². The van der Waals surface area contributed by atoms with E-state index in [1.54, 1.807) is 12.1 Å². The maximum Gasteiger partial charge on any atom is 0.137 e. The molecular weight excluding hydrogens is 295 g/mol. The molecular formula is C15H18BrFO. The van der Waals surface area contributed by atoms with Gasteiger partial charge in [0.05, 0.1) is 4.47 Å². The van der Waals surface area contributed by atoms with Crippen molar-refractivity contribution in [3.63, 3.8) is 0 Å². The predicted octanol–water partition coefficient (Wildman–Crippen LogP) is 4.90. The zero-order valence-electron chi connectivity index (χ0n) is 10.3. The van der Waals surface area contributed by atoms with Gasteiger partial charge in [-0.1, -0.05) is 25.0 Å². The molecule has 0 radical (unpaired) electrons. The second-order valence-electron chi connectivity index (χ2n) is 4.81. The van der Waals surface area contributed by atoms with Gasteiger partial charge in [0, 0.05) is 0 Å². The molecule has 0 saturated carbocycles. The van der Waals surface area contributed by atoms with Gasteiger partial charge in [-0.3, -0.25) is 0 Å². The molecule has 1 N–H and O–H groups in total. The van der Waals surface area contributed by atoms with Gasteiger partial charge < -0.3 is 5.11 Å². The Kier molecular flexibility index (Phi) is 4.95. The maximum atomic E-state index is 13.5.